The summed E-state index contributed by atoms with van der Waals surface area (Å²) in [6, 6.07) is 22.3. The van der Waals surface area contributed by atoms with E-state index in [0.29, 0.717) is 11.9 Å². The van der Waals surface area contributed by atoms with E-state index in [2.05, 4.69) is 56.4 Å². The summed E-state index contributed by atoms with van der Waals surface area (Å²) in [6.07, 6.45) is 1.69. The zero-order valence-electron chi connectivity index (χ0n) is 21.0. The molecule has 0 bridgehead atoms. The minimum atomic E-state index is -1.21. The van der Waals surface area contributed by atoms with E-state index in [9.17, 15) is 14.4 Å². The molecule has 1 heterocycles. The van der Waals surface area contributed by atoms with Gasteiger partial charge in [-0.05, 0) is 46.7 Å². The summed E-state index contributed by atoms with van der Waals surface area (Å²) in [7, 11) is 0. The van der Waals surface area contributed by atoms with Crippen LogP contribution in [0.1, 0.15) is 47.8 Å². The lowest BCUT2D eigenvalue weighted by Crippen LogP contribution is -2.34. The highest BCUT2D eigenvalue weighted by Crippen LogP contribution is 2.30. The molecule has 36 heavy (non-hydrogen) atoms. The van der Waals surface area contributed by atoms with E-state index in [0.717, 1.165) is 27.8 Å². The van der Waals surface area contributed by atoms with Crippen molar-refractivity contribution in [3.8, 4) is 11.1 Å². The molecule has 0 aliphatic heterocycles. The van der Waals surface area contributed by atoms with Gasteiger partial charge in [0.05, 0.1) is 5.56 Å². The Kier molecular flexibility index (Phi) is 6.80. The molecule has 6 nitrogen and oxygen atoms in total. The van der Waals surface area contributed by atoms with E-state index >= 15 is 0 Å². The SMILES string of the molecule is Cc1cccc(-c2ccc3c(c2)c(C(=O)C(=O)NCC(=O)O)cn3Cc2ccc(C(C)(C)C)cc2)c1. The van der Waals surface area contributed by atoms with Crippen molar-refractivity contribution in [3.05, 3.63) is 95.2 Å². The van der Waals surface area contributed by atoms with Crippen LogP contribution in [-0.2, 0) is 21.5 Å². The van der Waals surface area contributed by atoms with Crippen molar-refractivity contribution in [2.45, 2.75) is 39.7 Å². The fourth-order valence-corrected chi connectivity index (χ4v) is 4.28. The molecule has 4 rings (SSSR count). The number of ketones is 1. The van der Waals surface area contributed by atoms with Crippen LogP contribution in [0.25, 0.3) is 22.0 Å². The molecular formula is C30H30N2O4. The van der Waals surface area contributed by atoms with Crippen molar-refractivity contribution in [2.75, 3.05) is 6.54 Å². The molecule has 2 N–H and O–H groups in total. The van der Waals surface area contributed by atoms with Gasteiger partial charge >= 0.3 is 5.97 Å². The average molecular weight is 483 g/mol. The predicted molar refractivity (Wildman–Crippen MR) is 141 cm³/mol. The van der Waals surface area contributed by atoms with Crippen LogP contribution in [0.3, 0.4) is 0 Å². The average Bonchev–Trinajstić information content (AvgIpc) is 3.19. The van der Waals surface area contributed by atoms with Crippen LogP contribution in [0.5, 0.6) is 0 Å². The Balaban J connectivity index is 1.77. The number of fused-ring (bicyclic) bond motifs is 1. The summed E-state index contributed by atoms with van der Waals surface area (Å²) in [6.45, 7) is 8.43. The number of Topliss-reactive ketones (excluding diaryl/α,β-unsaturated/α-hetero) is 1. The number of hydrogen-bond acceptors (Lipinski definition) is 3. The van der Waals surface area contributed by atoms with Gasteiger partial charge < -0.3 is 15.0 Å². The van der Waals surface area contributed by atoms with Gasteiger partial charge in [0.2, 0.25) is 0 Å². The molecule has 0 unspecified atom stereocenters. The summed E-state index contributed by atoms with van der Waals surface area (Å²) < 4.78 is 1.96. The van der Waals surface area contributed by atoms with Gasteiger partial charge in [0.25, 0.3) is 11.7 Å². The minimum Gasteiger partial charge on any atom is -0.480 e. The molecule has 3 aromatic carbocycles. The van der Waals surface area contributed by atoms with Crippen LogP contribution >= 0.6 is 0 Å². The largest absolute Gasteiger partial charge is 0.480 e. The topological polar surface area (TPSA) is 88.4 Å². The smallest absolute Gasteiger partial charge is 0.322 e. The van der Waals surface area contributed by atoms with Crippen molar-refractivity contribution in [1.82, 2.24) is 9.88 Å². The summed E-state index contributed by atoms with van der Waals surface area (Å²) in [5.41, 5.74) is 6.47. The fraction of sp³-hybridized carbons (Fsp3) is 0.233. The molecule has 0 fully saturated rings. The number of carboxylic acids is 1. The second-order valence-corrected chi connectivity index (χ2v) is 10.1. The minimum absolute atomic E-state index is 0.0494. The number of nitrogens with one attached hydrogen (secondary N) is 1. The lowest BCUT2D eigenvalue weighted by Gasteiger charge is -2.19. The Morgan fingerprint density at radius 3 is 2.25 bits per heavy atom. The number of carboxylic acid groups (broad SMARTS) is 1. The second kappa shape index (κ2) is 9.82. The van der Waals surface area contributed by atoms with Gasteiger partial charge in [-0.2, -0.15) is 0 Å². The maximum absolute atomic E-state index is 13.1. The molecular weight excluding hydrogens is 452 g/mol. The zero-order chi connectivity index (χ0) is 26.0. The molecule has 184 valence electrons. The first-order valence-electron chi connectivity index (χ1n) is 11.9. The Bertz CT molecular complexity index is 1460. The quantitative estimate of drug-likeness (QED) is 0.275. The third-order valence-corrected chi connectivity index (χ3v) is 6.26. The third-order valence-electron chi connectivity index (χ3n) is 6.26. The first kappa shape index (κ1) is 24.9. The first-order chi connectivity index (χ1) is 17.0. The number of nitrogens with zero attached hydrogens (tertiary/aromatic N) is 1. The molecule has 1 amide bonds. The van der Waals surface area contributed by atoms with Gasteiger partial charge in [-0.15, -0.1) is 0 Å². The normalized spacial score (nSPS) is 11.4. The molecule has 0 atom stereocenters. The van der Waals surface area contributed by atoms with E-state index in [4.69, 9.17) is 5.11 Å². The van der Waals surface area contributed by atoms with Gasteiger partial charge in [0.15, 0.2) is 0 Å². The number of aliphatic carboxylic acids is 1. The molecule has 1 aromatic heterocycles. The monoisotopic (exact) mass is 482 g/mol. The number of carbonyl (C=O) groups is 3. The third kappa shape index (κ3) is 5.38. The van der Waals surface area contributed by atoms with Gasteiger partial charge in [-0.25, -0.2) is 0 Å². The molecule has 0 saturated heterocycles. The molecule has 0 aliphatic carbocycles. The van der Waals surface area contributed by atoms with Gasteiger partial charge in [0, 0.05) is 23.6 Å². The van der Waals surface area contributed by atoms with E-state index in [-0.39, 0.29) is 11.0 Å². The van der Waals surface area contributed by atoms with E-state index in [1.807, 2.05) is 47.9 Å². The van der Waals surface area contributed by atoms with Crippen molar-refractivity contribution in [1.29, 1.82) is 0 Å². The number of hydrogen-bond donors (Lipinski definition) is 2. The van der Waals surface area contributed by atoms with Crippen LogP contribution in [0.4, 0.5) is 0 Å². The number of carbonyl (C=O) groups excluding carboxylic acids is 2. The Morgan fingerprint density at radius 1 is 0.917 bits per heavy atom. The maximum atomic E-state index is 13.1. The van der Waals surface area contributed by atoms with Crippen LogP contribution in [0.2, 0.25) is 0 Å². The van der Waals surface area contributed by atoms with Crippen LogP contribution < -0.4 is 5.32 Å². The summed E-state index contributed by atoms with van der Waals surface area (Å²) >= 11 is 0. The van der Waals surface area contributed by atoms with Crippen molar-refractivity contribution in [2.24, 2.45) is 0 Å². The molecule has 4 aromatic rings. The number of benzene rings is 3. The highest BCUT2D eigenvalue weighted by molar-refractivity contribution is 6.45. The summed E-state index contributed by atoms with van der Waals surface area (Å²) in [5.74, 6) is -2.91. The van der Waals surface area contributed by atoms with Gasteiger partial charge in [0.1, 0.15) is 6.54 Å². The predicted octanol–water partition coefficient (Wildman–Crippen LogP) is 5.35. The van der Waals surface area contributed by atoms with E-state index < -0.39 is 24.2 Å². The lowest BCUT2D eigenvalue weighted by atomic mass is 9.87. The lowest BCUT2D eigenvalue weighted by molar-refractivity contribution is -0.137. The van der Waals surface area contributed by atoms with Gasteiger partial charge in [-0.1, -0.05) is 80.9 Å². The maximum Gasteiger partial charge on any atom is 0.322 e. The molecule has 0 saturated carbocycles. The summed E-state index contributed by atoms with van der Waals surface area (Å²) in [4.78, 5) is 36.4. The molecule has 6 heteroatoms. The zero-order valence-corrected chi connectivity index (χ0v) is 21.0. The standard InChI is InChI=1S/C30H30N2O4/c1-19-6-5-7-21(14-19)22-10-13-26-24(15-22)25(28(35)29(36)31-16-27(33)34)18-32(26)17-20-8-11-23(12-9-20)30(2,3)4/h5-15,18H,16-17H2,1-4H3,(H,31,36)(H,33,34). The van der Waals surface area contributed by atoms with Crippen molar-refractivity contribution in [3.63, 3.8) is 0 Å². The highest BCUT2D eigenvalue weighted by atomic mass is 16.4. The van der Waals surface area contributed by atoms with Crippen LogP contribution in [0, 0.1) is 6.92 Å². The Hall–Kier alpha value is -4.19. The molecule has 0 spiro atoms. The number of aryl methyl sites for hydroxylation is 1. The molecule has 0 radical (unpaired) electrons. The summed E-state index contributed by atoms with van der Waals surface area (Å²) in [5, 5.41) is 11.7. The van der Waals surface area contributed by atoms with Gasteiger partial charge in [-0.3, -0.25) is 14.4 Å². The number of aromatic nitrogens is 1. The van der Waals surface area contributed by atoms with Crippen molar-refractivity contribution < 1.29 is 19.5 Å². The van der Waals surface area contributed by atoms with Crippen LogP contribution in [-0.4, -0.2) is 33.9 Å². The van der Waals surface area contributed by atoms with Crippen molar-refractivity contribution >= 4 is 28.6 Å². The molecule has 0 aliphatic rings. The fourth-order valence-electron chi connectivity index (χ4n) is 4.28. The van der Waals surface area contributed by atoms with Crippen LogP contribution in [0.15, 0.2) is 72.9 Å². The number of rotatable bonds is 7. The second-order valence-electron chi connectivity index (χ2n) is 10.1. The highest BCUT2D eigenvalue weighted by Gasteiger charge is 2.23. The number of amides is 1. The van der Waals surface area contributed by atoms with E-state index in [1.54, 1.807) is 6.20 Å². The Morgan fingerprint density at radius 2 is 1.61 bits per heavy atom. The first-order valence-corrected chi connectivity index (χ1v) is 11.9. The van der Waals surface area contributed by atoms with E-state index in [1.165, 1.54) is 5.56 Å². The Labute approximate surface area is 210 Å².